The summed E-state index contributed by atoms with van der Waals surface area (Å²) in [5.41, 5.74) is 1.22. The van der Waals surface area contributed by atoms with Crippen molar-refractivity contribution < 1.29 is 9.47 Å². The molecule has 0 heterocycles. The van der Waals surface area contributed by atoms with E-state index in [2.05, 4.69) is 31.3 Å². The van der Waals surface area contributed by atoms with Crippen molar-refractivity contribution in [1.29, 1.82) is 0 Å². The van der Waals surface area contributed by atoms with Crippen molar-refractivity contribution in [3.63, 3.8) is 0 Å². The Hall–Kier alpha value is -1.06. The van der Waals surface area contributed by atoms with Gasteiger partial charge in [-0.05, 0) is 55.8 Å². The van der Waals surface area contributed by atoms with Gasteiger partial charge in [0, 0.05) is 6.54 Å². The van der Waals surface area contributed by atoms with Crippen LogP contribution >= 0.6 is 0 Å². The lowest BCUT2D eigenvalue weighted by molar-refractivity contribution is -0.0491. The monoisotopic (exact) mass is 291 g/mol. The summed E-state index contributed by atoms with van der Waals surface area (Å²) >= 11 is 0. The van der Waals surface area contributed by atoms with Gasteiger partial charge in [0.1, 0.15) is 5.75 Å². The van der Waals surface area contributed by atoms with Crippen LogP contribution in [0, 0.1) is 11.8 Å². The Balaban J connectivity index is 2.03. The normalized spacial score (nSPS) is 27.3. The van der Waals surface area contributed by atoms with E-state index in [9.17, 15) is 0 Å². The van der Waals surface area contributed by atoms with Crippen LogP contribution in [-0.4, -0.2) is 26.8 Å². The topological polar surface area (TPSA) is 30.5 Å². The minimum atomic E-state index is 0.114. The standard InChI is InChI=1S/C18H29NO2/c1-13-9-14(2)11-17(10-13)21-18(12-19-3)15-5-7-16(20-4)8-6-15/h5-8,13-14,17-19H,9-12H2,1-4H3. The lowest BCUT2D eigenvalue weighted by Gasteiger charge is -2.34. The third kappa shape index (κ3) is 4.72. The van der Waals surface area contributed by atoms with Crippen LogP contribution in [0.25, 0.3) is 0 Å². The van der Waals surface area contributed by atoms with Crippen LogP contribution in [0.5, 0.6) is 5.75 Å². The molecule has 0 bridgehead atoms. The molecule has 0 saturated heterocycles. The number of benzene rings is 1. The molecular formula is C18H29NO2. The average molecular weight is 291 g/mol. The number of likely N-dealkylation sites (N-methyl/N-ethyl adjacent to an activating group) is 1. The number of hydrogen-bond donors (Lipinski definition) is 1. The second-order valence-corrected chi connectivity index (χ2v) is 6.50. The van der Waals surface area contributed by atoms with Crippen molar-refractivity contribution in [3.05, 3.63) is 29.8 Å². The minimum Gasteiger partial charge on any atom is -0.497 e. The second kappa shape index (κ2) is 7.81. The van der Waals surface area contributed by atoms with E-state index in [1.54, 1.807) is 7.11 Å². The molecule has 1 aliphatic carbocycles. The Bertz CT molecular complexity index is 408. The Morgan fingerprint density at radius 2 is 1.71 bits per heavy atom. The maximum absolute atomic E-state index is 6.43. The van der Waals surface area contributed by atoms with Gasteiger partial charge in [-0.2, -0.15) is 0 Å². The minimum absolute atomic E-state index is 0.114. The lowest BCUT2D eigenvalue weighted by Crippen LogP contribution is -2.30. The summed E-state index contributed by atoms with van der Waals surface area (Å²) < 4.78 is 11.7. The first kappa shape index (κ1) is 16.3. The summed E-state index contributed by atoms with van der Waals surface area (Å²) in [5, 5.41) is 3.25. The van der Waals surface area contributed by atoms with E-state index < -0.39 is 0 Å². The molecule has 1 saturated carbocycles. The quantitative estimate of drug-likeness (QED) is 0.865. The van der Waals surface area contributed by atoms with Gasteiger partial charge in [0.25, 0.3) is 0 Å². The molecule has 0 amide bonds. The van der Waals surface area contributed by atoms with Crippen molar-refractivity contribution in [3.8, 4) is 5.75 Å². The van der Waals surface area contributed by atoms with Crippen LogP contribution in [0.15, 0.2) is 24.3 Å². The van der Waals surface area contributed by atoms with Gasteiger partial charge in [-0.1, -0.05) is 26.0 Å². The number of rotatable bonds is 6. The summed E-state index contributed by atoms with van der Waals surface area (Å²) in [6.07, 6.45) is 4.19. The number of nitrogens with one attached hydrogen (secondary N) is 1. The smallest absolute Gasteiger partial charge is 0.118 e. The molecule has 0 aliphatic heterocycles. The van der Waals surface area contributed by atoms with Gasteiger partial charge in [-0.15, -0.1) is 0 Å². The first-order valence-corrected chi connectivity index (χ1v) is 8.06. The van der Waals surface area contributed by atoms with E-state index in [-0.39, 0.29) is 6.10 Å². The highest BCUT2D eigenvalue weighted by Gasteiger charge is 2.27. The largest absolute Gasteiger partial charge is 0.497 e. The molecule has 1 N–H and O–H groups in total. The highest BCUT2D eigenvalue weighted by molar-refractivity contribution is 5.28. The Kier molecular flexibility index (Phi) is 6.07. The summed E-state index contributed by atoms with van der Waals surface area (Å²) in [5.74, 6) is 2.43. The van der Waals surface area contributed by atoms with Gasteiger partial charge in [0.05, 0.1) is 19.3 Å². The van der Waals surface area contributed by atoms with Gasteiger partial charge >= 0.3 is 0 Å². The van der Waals surface area contributed by atoms with Gasteiger partial charge in [-0.3, -0.25) is 0 Å². The molecule has 1 aliphatic rings. The lowest BCUT2D eigenvalue weighted by atomic mass is 9.81. The SMILES string of the molecule is CNCC(OC1CC(C)CC(C)C1)c1ccc(OC)cc1. The van der Waals surface area contributed by atoms with E-state index in [1.165, 1.54) is 24.8 Å². The van der Waals surface area contributed by atoms with Gasteiger partial charge in [-0.25, -0.2) is 0 Å². The summed E-state index contributed by atoms with van der Waals surface area (Å²) in [7, 11) is 3.67. The zero-order valence-electron chi connectivity index (χ0n) is 13.8. The summed E-state index contributed by atoms with van der Waals surface area (Å²) in [6, 6.07) is 8.23. The van der Waals surface area contributed by atoms with Crippen molar-refractivity contribution in [2.75, 3.05) is 20.7 Å². The Morgan fingerprint density at radius 1 is 1.10 bits per heavy atom. The van der Waals surface area contributed by atoms with Crippen molar-refractivity contribution in [2.45, 2.75) is 45.3 Å². The van der Waals surface area contributed by atoms with Crippen molar-refractivity contribution in [1.82, 2.24) is 5.32 Å². The maximum atomic E-state index is 6.43. The first-order valence-electron chi connectivity index (χ1n) is 8.06. The van der Waals surface area contributed by atoms with Crippen LogP contribution in [0.4, 0.5) is 0 Å². The third-order valence-electron chi connectivity index (χ3n) is 4.37. The van der Waals surface area contributed by atoms with Crippen LogP contribution in [-0.2, 0) is 4.74 Å². The van der Waals surface area contributed by atoms with Crippen molar-refractivity contribution >= 4 is 0 Å². The van der Waals surface area contributed by atoms with E-state index in [4.69, 9.17) is 9.47 Å². The molecule has 0 spiro atoms. The molecular weight excluding hydrogens is 262 g/mol. The van der Waals surface area contributed by atoms with Gasteiger partial charge in [0.2, 0.25) is 0 Å². The maximum Gasteiger partial charge on any atom is 0.118 e. The number of ether oxygens (including phenoxy) is 2. The molecule has 2 rings (SSSR count). The summed E-state index contributed by atoms with van der Waals surface area (Å²) in [6.45, 7) is 5.52. The summed E-state index contributed by atoms with van der Waals surface area (Å²) in [4.78, 5) is 0. The van der Waals surface area contributed by atoms with Gasteiger partial charge in [0.15, 0.2) is 0 Å². The second-order valence-electron chi connectivity index (χ2n) is 6.50. The van der Waals surface area contributed by atoms with Crippen LogP contribution in [0.1, 0.15) is 44.8 Å². The average Bonchev–Trinajstić information content (AvgIpc) is 2.46. The van der Waals surface area contributed by atoms with Gasteiger partial charge < -0.3 is 14.8 Å². The predicted molar refractivity (Wildman–Crippen MR) is 86.7 cm³/mol. The first-order chi connectivity index (χ1) is 10.1. The fourth-order valence-electron chi connectivity index (χ4n) is 3.47. The molecule has 1 fully saturated rings. The van der Waals surface area contributed by atoms with E-state index in [0.717, 1.165) is 24.1 Å². The van der Waals surface area contributed by atoms with Crippen LogP contribution in [0.2, 0.25) is 0 Å². The van der Waals surface area contributed by atoms with E-state index in [0.29, 0.717) is 6.10 Å². The molecule has 3 atom stereocenters. The highest BCUT2D eigenvalue weighted by atomic mass is 16.5. The Labute approximate surface area is 129 Å². The van der Waals surface area contributed by atoms with E-state index >= 15 is 0 Å². The van der Waals surface area contributed by atoms with Crippen molar-refractivity contribution in [2.24, 2.45) is 11.8 Å². The third-order valence-corrected chi connectivity index (χ3v) is 4.37. The fraction of sp³-hybridized carbons (Fsp3) is 0.667. The fourth-order valence-corrected chi connectivity index (χ4v) is 3.47. The number of hydrogen-bond acceptors (Lipinski definition) is 3. The van der Waals surface area contributed by atoms with E-state index in [1.807, 2.05) is 19.2 Å². The zero-order valence-corrected chi connectivity index (χ0v) is 13.8. The molecule has 21 heavy (non-hydrogen) atoms. The Morgan fingerprint density at radius 3 is 2.24 bits per heavy atom. The molecule has 3 unspecified atom stereocenters. The number of methoxy groups -OCH3 is 1. The molecule has 0 aromatic heterocycles. The van der Waals surface area contributed by atoms with Crippen LogP contribution < -0.4 is 10.1 Å². The zero-order chi connectivity index (χ0) is 15.2. The molecule has 1 aromatic rings. The molecule has 0 radical (unpaired) electrons. The molecule has 1 aromatic carbocycles. The molecule has 3 nitrogen and oxygen atoms in total. The van der Waals surface area contributed by atoms with Crippen LogP contribution in [0.3, 0.4) is 0 Å². The predicted octanol–water partition coefficient (Wildman–Crippen LogP) is 3.80. The molecule has 118 valence electrons. The highest BCUT2D eigenvalue weighted by Crippen LogP contribution is 2.33. The molecule has 3 heteroatoms.